The van der Waals surface area contributed by atoms with E-state index < -0.39 is 35.1 Å². The fourth-order valence-corrected chi connectivity index (χ4v) is 1.06. The molecule has 0 saturated carbocycles. The Hall–Kier alpha value is -1.34. The van der Waals surface area contributed by atoms with Crippen molar-refractivity contribution in [2.75, 3.05) is 6.54 Å². The van der Waals surface area contributed by atoms with Crippen LogP contribution in [0, 0.1) is 0 Å². The predicted molar refractivity (Wildman–Crippen MR) is 79.9 cm³/mol. The number of rotatable bonds is 3. The minimum absolute atomic E-state index is 0. The van der Waals surface area contributed by atoms with E-state index in [1.54, 1.807) is 41.5 Å². The Labute approximate surface area is 131 Å². The summed E-state index contributed by atoms with van der Waals surface area (Å²) in [6.07, 6.45) is 0. The smallest absolute Gasteiger partial charge is 0.397 e. The molecule has 7 nitrogen and oxygen atoms in total. The van der Waals surface area contributed by atoms with Crippen LogP contribution in [0.4, 0.5) is 0 Å². The van der Waals surface area contributed by atoms with Crippen LogP contribution in [0.2, 0.25) is 0 Å². The molecule has 0 rings (SSSR count). The molecular weight excluding hydrogens is 300 g/mol. The molecule has 0 aliphatic carbocycles. The van der Waals surface area contributed by atoms with E-state index in [-0.39, 0.29) is 19.0 Å². The first-order valence-corrected chi connectivity index (χ1v) is 6.31. The quantitative estimate of drug-likeness (QED) is 0.579. The van der Waals surface area contributed by atoms with Crippen molar-refractivity contribution in [3.05, 3.63) is 0 Å². The summed E-state index contributed by atoms with van der Waals surface area (Å²) in [4.78, 5) is 34.4. The van der Waals surface area contributed by atoms with Gasteiger partial charge in [-0.1, -0.05) is 0 Å². The van der Waals surface area contributed by atoms with Gasteiger partial charge >= 0.3 is 17.8 Å². The fourth-order valence-electron chi connectivity index (χ4n) is 1.06. The van der Waals surface area contributed by atoms with E-state index in [2.05, 4.69) is 5.32 Å². The summed E-state index contributed by atoms with van der Waals surface area (Å²) in [6, 6.07) is -1.04. The standard InChI is InChI=1S/C13H24N2O5.ClH/c1-12(2,3)19-10(17)8(14)7-15-9(16)11(18)20-13(4,5)6;/h8H,7,14H2,1-6H3,(H,15,16);1H/t8-;/m1./s1. The second kappa shape index (κ2) is 8.19. The van der Waals surface area contributed by atoms with Gasteiger partial charge in [-0.3, -0.25) is 9.59 Å². The van der Waals surface area contributed by atoms with Gasteiger partial charge in [-0.15, -0.1) is 12.4 Å². The van der Waals surface area contributed by atoms with Crippen LogP contribution < -0.4 is 11.1 Å². The molecule has 124 valence electrons. The SMILES string of the molecule is CC(C)(C)OC(=O)C(=O)NC[C@@H](N)C(=O)OC(C)(C)C.Cl. The number of nitrogens with two attached hydrogens (primary N) is 1. The van der Waals surface area contributed by atoms with Gasteiger partial charge in [0.1, 0.15) is 17.2 Å². The van der Waals surface area contributed by atoms with Gasteiger partial charge in [0.2, 0.25) is 0 Å². The Kier molecular flexibility index (Phi) is 8.56. The summed E-state index contributed by atoms with van der Waals surface area (Å²) in [6.45, 7) is 9.84. The molecule has 21 heavy (non-hydrogen) atoms. The van der Waals surface area contributed by atoms with Crippen LogP contribution in [0.25, 0.3) is 0 Å². The molecular formula is C13H25ClN2O5. The van der Waals surface area contributed by atoms with E-state index in [4.69, 9.17) is 15.2 Å². The van der Waals surface area contributed by atoms with Crippen molar-refractivity contribution >= 4 is 30.3 Å². The number of ether oxygens (including phenoxy) is 2. The van der Waals surface area contributed by atoms with Gasteiger partial charge in [0.15, 0.2) is 0 Å². The molecule has 0 aromatic rings. The third-order valence-electron chi connectivity index (χ3n) is 1.78. The van der Waals surface area contributed by atoms with Gasteiger partial charge in [-0.25, -0.2) is 4.79 Å². The number of esters is 2. The summed E-state index contributed by atoms with van der Waals surface area (Å²) < 4.78 is 9.91. The van der Waals surface area contributed by atoms with Crippen LogP contribution in [0.3, 0.4) is 0 Å². The predicted octanol–water partition coefficient (Wildman–Crippen LogP) is 0.535. The highest BCUT2D eigenvalue weighted by Gasteiger charge is 2.26. The monoisotopic (exact) mass is 324 g/mol. The van der Waals surface area contributed by atoms with E-state index >= 15 is 0 Å². The van der Waals surface area contributed by atoms with E-state index in [9.17, 15) is 14.4 Å². The van der Waals surface area contributed by atoms with Crippen LogP contribution in [0.1, 0.15) is 41.5 Å². The van der Waals surface area contributed by atoms with Gasteiger partial charge in [0, 0.05) is 6.54 Å². The van der Waals surface area contributed by atoms with Crippen molar-refractivity contribution in [1.82, 2.24) is 5.32 Å². The van der Waals surface area contributed by atoms with Crippen molar-refractivity contribution < 1.29 is 23.9 Å². The topological polar surface area (TPSA) is 108 Å². The zero-order valence-corrected chi connectivity index (χ0v) is 14.1. The summed E-state index contributed by atoms with van der Waals surface area (Å²) in [5.74, 6) is -2.62. The molecule has 8 heteroatoms. The molecule has 0 aliphatic heterocycles. The molecule has 0 aromatic carbocycles. The van der Waals surface area contributed by atoms with Crippen molar-refractivity contribution in [1.29, 1.82) is 0 Å². The Morgan fingerprint density at radius 1 is 1.00 bits per heavy atom. The maximum Gasteiger partial charge on any atom is 0.397 e. The lowest BCUT2D eigenvalue weighted by molar-refractivity contribution is -0.164. The normalized spacial score (nSPS) is 12.7. The Bertz CT molecular complexity index is 385. The Morgan fingerprint density at radius 3 is 1.81 bits per heavy atom. The summed E-state index contributed by atoms with van der Waals surface area (Å²) in [7, 11) is 0. The molecule has 0 saturated heterocycles. The largest absolute Gasteiger partial charge is 0.459 e. The summed E-state index contributed by atoms with van der Waals surface area (Å²) in [5, 5.41) is 2.23. The maximum atomic E-state index is 11.6. The molecule has 0 spiro atoms. The van der Waals surface area contributed by atoms with Crippen LogP contribution in [-0.4, -0.2) is 41.6 Å². The third kappa shape index (κ3) is 11.0. The van der Waals surface area contributed by atoms with Gasteiger partial charge in [0.05, 0.1) is 0 Å². The molecule has 0 heterocycles. The second-order valence-electron chi connectivity index (χ2n) is 6.35. The first-order chi connectivity index (χ1) is 8.82. The minimum Gasteiger partial charge on any atom is -0.459 e. The maximum absolute atomic E-state index is 11.6. The van der Waals surface area contributed by atoms with E-state index in [1.807, 2.05) is 0 Å². The Balaban J connectivity index is 0. The first-order valence-electron chi connectivity index (χ1n) is 6.31. The van der Waals surface area contributed by atoms with Crippen LogP contribution >= 0.6 is 12.4 Å². The average molecular weight is 325 g/mol. The number of amides is 1. The van der Waals surface area contributed by atoms with Crippen LogP contribution in [-0.2, 0) is 23.9 Å². The first kappa shape index (κ1) is 21.9. The van der Waals surface area contributed by atoms with Crippen molar-refractivity contribution in [2.45, 2.75) is 58.8 Å². The van der Waals surface area contributed by atoms with Crippen molar-refractivity contribution in [3.8, 4) is 0 Å². The van der Waals surface area contributed by atoms with Gasteiger partial charge in [-0.2, -0.15) is 0 Å². The van der Waals surface area contributed by atoms with E-state index in [0.29, 0.717) is 0 Å². The zero-order valence-electron chi connectivity index (χ0n) is 13.3. The highest BCUT2D eigenvalue weighted by Crippen LogP contribution is 2.08. The number of halogens is 1. The molecule has 0 radical (unpaired) electrons. The van der Waals surface area contributed by atoms with E-state index in [1.165, 1.54) is 0 Å². The van der Waals surface area contributed by atoms with Gasteiger partial charge in [-0.05, 0) is 41.5 Å². The third-order valence-corrected chi connectivity index (χ3v) is 1.78. The van der Waals surface area contributed by atoms with Gasteiger partial charge < -0.3 is 20.5 Å². The fraction of sp³-hybridized carbons (Fsp3) is 0.769. The molecule has 3 N–H and O–H groups in total. The van der Waals surface area contributed by atoms with Crippen LogP contribution in [0.5, 0.6) is 0 Å². The van der Waals surface area contributed by atoms with Crippen LogP contribution in [0.15, 0.2) is 0 Å². The molecule has 1 amide bonds. The zero-order chi connectivity index (χ0) is 16.1. The number of carbonyl (C=O) groups is 3. The number of nitrogens with one attached hydrogen (secondary N) is 1. The lowest BCUT2D eigenvalue weighted by Gasteiger charge is -2.22. The molecule has 0 unspecified atom stereocenters. The molecule has 0 bridgehead atoms. The Morgan fingerprint density at radius 2 is 1.43 bits per heavy atom. The minimum atomic E-state index is -1.04. The van der Waals surface area contributed by atoms with Crippen molar-refractivity contribution in [3.63, 3.8) is 0 Å². The highest BCUT2D eigenvalue weighted by atomic mass is 35.5. The second-order valence-corrected chi connectivity index (χ2v) is 6.35. The van der Waals surface area contributed by atoms with Crippen molar-refractivity contribution in [2.24, 2.45) is 5.73 Å². The lowest BCUT2D eigenvalue weighted by atomic mass is 10.2. The van der Waals surface area contributed by atoms with Gasteiger partial charge in [0.25, 0.3) is 0 Å². The number of carbonyl (C=O) groups excluding carboxylic acids is 3. The molecule has 0 aromatic heterocycles. The molecule has 0 fully saturated rings. The number of hydrogen-bond acceptors (Lipinski definition) is 6. The number of hydrogen-bond donors (Lipinski definition) is 2. The average Bonchev–Trinajstić information content (AvgIpc) is 2.20. The lowest BCUT2D eigenvalue weighted by Crippen LogP contribution is -2.47. The summed E-state index contributed by atoms with van der Waals surface area (Å²) >= 11 is 0. The molecule has 1 atom stereocenters. The summed E-state index contributed by atoms with van der Waals surface area (Å²) in [5.41, 5.74) is 4.13. The van der Waals surface area contributed by atoms with E-state index in [0.717, 1.165) is 0 Å². The molecule has 0 aliphatic rings. The highest BCUT2D eigenvalue weighted by molar-refractivity contribution is 6.32.